The van der Waals surface area contributed by atoms with Crippen molar-refractivity contribution < 1.29 is 14.3 Å². The van der Waals surface area contributed by atoms with Gasteiger partial charge in [-0.1, -0.05) is 67.6 Å². The Morgan fingerprint density at radius 3 is 2.28 bits per heavy atom. The van der Waals surface area contributed by atoms with Crippen molar-refractivity contribution >= 4 is 17.5 Å². The lowest BCUT2D eigenvalue weighted by molar-refractivity contribution is 0.213. The molecule has 6 heteroatoms. The summed E-state index contributed by atoms with van der Waals surface area (Å²) in [6.45, 7) is 4.76. The van der Waals surface area contributed by atoms with Crippen LogP contribution in [0, 0.1) is 0 Å². The molecule has 0 radical (unpaired) electrons. The summed E-state index contributed by atoms with van der Waals surface area (Å²) in [6.07, 6.45) is 0.799. The number of nitrogens with zero attached hydrogens (tertiary/aromatic N) is 2. The molecule has 1 amide bonds. The van der Waals surface area contributed by atoms with E-state index in [1.165, 1.54) is 16.8 Å². The molecule has 4 aromatic carbocycles. The van der Waals surface area contributed by atoms with Crippen LogP contribution in [0.2, 0.25) is 0 Å². The van der Waals surface area contributed by atoms with Crippen LogP contribution in [0.4, 0.5) is 16.2 Å². The maximum atomic E-state index is 12.7. The van der Waals surface area contributed by atoms with E-state index < -0.39 is 6.09 Å². The smallest absolute Gasteiger partial charge is 0.417 e. The number of nitrogens with one attached hydrogen (secondary N) is 1. The number of likely N-dealkylation sites (N-methyl/N-ethyl adjacent to an activating group) is 1. The standard InChI is InChI=1S/C33H33N3O3/c1-33-19-20-36(22-24-9-5-3-6-10-24)31(33)35(2)30-18-17-28(21-29(30)33)39-32(37)34-26-13-15-27(16-14-26)38-23-25-11-7-4-8-12-25/h3-18,21,31H,19-20,22-23H2,1-2H3,(H,34,37)/t31-,33-/m0/s1. The Bertz CT molecular complexity index is 1440. The summed E-state index contributed by atoms with van der Waals surface area (Å²) in [5.74, 6) is 1.28. The van der Waals surface area contributed by atoms with E-state index in [4.69, 9.17) is 9.47 Å². The number of fused-ring (bicyclic) bond motifs is 3. The molecule has 0 saturated carbocycles. The molecule has 4 aromatic rings. The van der Waals surface area contributed by atoms with Gasteiger partial charge >= 0.3 is 6.09 Å². The molecule has 1 N–H and O–H groups in total. The van der Waals surface area contributed by atoms with Gasteiger partial charge in [-0.25, -0.2) is 4.79 Å². The molecule has 2 atom stereocenters. The van der Waals surface area contributed by atoms with Crippen LogP contribution < -0.4 is 19.7 Å². The number of rotatable bonds is 7. The molecule has 0 spiro atoms. The summed E-state index contributed by atoms with van der Waals surface area (Å²) in [5, 5.41) is 2.82. The van der Waals surface area contributed by atoms with Gasteiger partial charge in [0.15, 0.2) is 0 Å². The predicted molar refractivity (Wildman–Crippen MR) is 154 cm³/mol. The number of hydrogen-bond donors (Lipinski definition) is 1. The van der Waals surface area contributed by atoms with Crippen LogP contribution in [0.15, 0.2) is 103 Å². The summed E-state index contributed by atoms with van der Waals surface area (Å²) in [5.41, 5.74) is 5.46. The number of anilines is 2. The Balaban J connectivity index is 1.09. The van der Waals surface area contributed by atoms with Crippen LogP contribution in [0.3, 0.4) is 0 Å². The number of carbonyl (C=O) groups excluding carboxylic acids is 1. The van der Waals surface area contributed by atoms with Crippen molar-refractivity contribution in [1.29, 1.82) is 0 Å². The minimum Gasteiger partial charge on any atom is -0.489 e. The summed E-state index contributed by atoms with van der Waals surface area (Å²) >= 11 is 0. The zero-order chi connectivity index (χ0) is 26.8. The number of amides is 1. The van der Waals surface area contributed by atoms with Crippen LogP contribution in [-0.2, 0) is 18.6 Å². The first-order chi connectivity index (χ1) is 19.0. The van der Waals surface area contributed by atoms with Crippen molar-refractivity contribution in [2.45, 2.75) is 38.1 Å². The molecule has 0 unspecified atom stereocenters. The third kappa shape index (κ3) is 5.08. The third-order valence-corrected chi connectivity index (χ3v) is 7.95. The highest BCUT2D eigenvalue weighted by atomic mass is 16.6. The maximum Gasteiger partial charge on any atom is 0.417 e. The molecule has 0 aromatic heterocycles. The highest BCUT2D eigenvalue weighted by Crippen LogP contribution is 2.52. The van der Waals surface area contributed by atoms with E-state index >= 15 is 0 Å². The van der Waals surface area contributed by atoms with Crippen LogP contribution in [0.5, 0.6) is 11.5 Å². The van der Waals surface area contributed by atoms with Crippen molar-refractivity contribution in [2.24, 2.45) is 0 Å². The van der Waals surface area contributed by atoms with Gasteiger partial charge in [-0.05, 0) is 65.6 Å². The largest absolute Gasteiger partial charge is 0.489 e. The van der Waals surface area contributed by atoms with E-state index in [9.17, 15) is 4.79 Å². The van der Waals surface area contributed by atoms with Crippen LogP contribution in [0.25, 0.3) is 0 Å². The van der Waals surface area contributed by atoms with Gasteiger partial charge in [-0.2, -0.15) is 0 Å². The predicted octanol–water partition coefficient (Wildman–Crippen LogP) is 6.82. The first kappa shape index (κ1) is 25.0. The normalized spacial score (nSPS) is 19.8. The van der Waals surface area contributed by atoms with Gasteiger partial charge in [0.1, 0.15) is 18.1 Å². The van der Waals surface area contributed by atoms with E-state index in [0.717, 1.165) is 30.8 Å². The topological polar surface area (TPSA) is 54.0 Å². The fourth-order valence-electron chi connectivity index (χ4n) is 6.06. The lowest BCUT2D eigenvalue weighted by Crippen LogP contribution is -2.46. The molecular weight excluding hydrogens is 486 g/mol. The van der Waals surface area contributed by atoms with E-state index in [0.29, 0.717) is 18.0 Å². The van der Waals surface area contributed by atoms with Crippen LogP contribution in [0.1, 0.15) is 30.0 Å². The van der Waals surface area contributed by atoms with Crippen molar-refractivity contribution in [3.05, 3.63) is 120 Å². The summed E-state index contributed by atoms with van der Waals surface area (Å²) in [4.78, 5) is 17.6. The summed E-state index contributed by atoms with van der Waals surface area (Å²) in [7, 11) is 2.17. The minimum absolute atomic E-state index is 0.0374. The van der Waals surface area contributed by atoms with E-state index in [2.05, 4.69) is 65.5 Å². The Morgan fingerprint density at radius 1 is 0.897 bits per heavy atom. The van der Waals surface area contributed by atoms with Gasteiger partial charge in [-0.3, -0.25) is 10.2 Å². The van der Waals surface area contributed by atoms with Gasteiger partial charge in [0, 0.05) is 36.9 Å². The summed E-state index contributed by atoms with van der Waals surface area (Å²) in [6, 6.07) is 33.9. The Kier molecular flexibility index (Phi) is 6.71. The monoisotopic (exact) mass is 519 g/mol. The molecule has 39 heavy (non-hydrogen) atoms. The lowest BCUT2D eigenvalue weighted by Gasteiger charge is -2.34. The highest BCUT2D eigenvalue weighted by Gasteiger charge is 2.53. The van der Waals surface area contributed by atoms with E-state index in [1.807, 2.05) is 66.7 Å². The average molecular weight is 520 g/mol. The first-order valence-electron chi connectivity index (χ1n) is 13.4. The van der Waals surface area contributed by atoms with Crippen molar-refractivity contribution in [3.63, 3.8) is 0 Å². The van der Waals surface area contributed by atoms with Gasteiger partial charge in [0.05, 0.1) is 6.17 Å². The van der Waals surface area contributed by atoms with Crippen molar-refractivity contribution in [2.75, 3.05) is 23.8 Å². The average Bonchev–Trinajstić information content (AvgIpc) is 3.40. The zero-order valence-electron chi connectivity index (χ0n) is 22.3. The molecule has 2 heterocycles. The second kappa shape index (κ2) is 10.5. The molecule has 0 bridgehead atoms. The zero-order valence-corrected chi connectivity index (χ0v) is 22.3. The molecule has 2 aliphatic rings. The van der Waals surface area contributed by atoms with E-state index in [1.54, 1.807) is 0 Å². The number of ether oxygens (including phenoxy) is 2. The molecule has 1 fully saturated rings. The molecule has 6 nitrogen and oxygen atoms in total. The third-order valence-electron chi connectivity index (χ3n) is 7.95. The van der Waals surface area contributed by atoms with Crippen LogP contribution in [-0.4, -0.2) is 30.8 Å². The molecule has 2 aliphatic heterocycles. The molecule has 1 saturated heterocycles. The Morgan fingerprint density at radius 2 is 1.56 bits per heavy atom. The number of hydrogen-bond acceptors (Lipinski definition) is 5. The Labute approximate surface area is 229 Å². The quantitative estimate of drug-likeness (QED) is 0.291. The first-order valence-corrected chi connectivity index (χ1v) is 13.4. The fraction of sp³-hybridized carbons (Fsp3) is 0.242. The minimum atomic E-state index is -0.516. The molecule has 0 aliphatic carbocycles. The summed E-state index contributed by atoms with van der Waals surface area (Å²) < 4.78 is 11.5. The molecule has 198 valence electrons. The second-order valence-corrected chi connectivity index (χ2v) is 10.6. The Hall–Kier alpha value is -4.29. The lowest BCUT2D eigenvalue weighted by atomic mass is 9.81. The van der Waals surface area contributed by atoms with Gasteiger partial charge < -0.3 is 14.4 Å². The van der Waals surface area contributed by atoms with Crippen LogP contribution >= 0.6 is 0 Å². The highest BCUT2D eigenvalue weighted by molar-refractivity contribution is 5.86. The van der Waals surface area contributed by atoms with Crippen molar-refractivity contribution in [1.82, 2.24) is 4.90 Å². The SMILES string of the molecule is CN1c2ccc(OC(=O)Nc3ccc(OCc4ccccc4)cc3)cc2[C@]2(C)CCN(Cc3ccccc3)[C@H]12. The molecular formula is C33H33N3O3. The van der Waals surface area contributed by atoms with Gasteiger partial charge in [-0.15, -0.1) is 0 Å². The maximum absolute atomic E-state index is 12.7. The van der Waals surface area contributed by atoms with E-state index in [-0.39, 0.29) is 11.6 Å². The van der Waals surface area contributed by atoms with Gasteiger partial charge in [0.25, 0.3) is 0 Å². The second-order valence-electron chi connectivity index (χ2n) is 10.6. The number of benzene rings is 4. The molecule has 6 rings (SSSR count). The van der Waals surface area contributed by atoms with Gasteiger partial charge in [0.2, 0.25) is 0 Å². The van der Waals surface area contributed by atoms with Crippen molar-refractivity contribution in [3.8, 4) is 11.5 Å². The fourth-order valence-corrected chi connectivity index (χ4v) is 6.06. The number of carbonyl (C=O) groups is 1. The number of likely N-dealkylation sites (tertiary alicyclic amines) is 1.